The van der Waals surface area contributed by atoms with Gasteiger partial charge in [-0.05, 0) is 19.1 Å². The third-order valence-electron chi connectivity index (χ3n) is 3.42. The highest BCUT2D eigenvalue weighted by atomic mass is 16.2. The van der Waals surface area contributed by atoms with Crippen LogP contribution in [0.15, 0.2) is 37.1 Å². The van der Waals surface area contributed by atoms with Crippen LogP contribution in [0.5, 0.6) is 0 Å². The number of hydrogen-bond donors (Lipinski definition) is 1. The van der Waals surface area contributed by atoms with E-state index in [0.29, 0.717) is 17.4 Å². The molecule has 0 bridgehead atoms. The van der Waals surface area contributed by atoms with Crippen molar-refractivity contribution in [2.75, 3.05) is 19.6 Å². The molecule has 1 amide bonds. The van der Waals surface area contributed by atoms with Crippen LogP contribution in [0.25, 0.3) is 5.82 Å². The third kappa shape index (κ3) is 2.55. The smallest absolute Gasteiger partial charge is 0.254 e. The number of carbonyl (C=O) groups excluding carboxylic acids is 1. The van der Waals surface area contributed by atoms with Crippen molar-refractivity contribution < 1.29 is 4.79 Å². The van der Waals surface area contributed by atoms with Gasteiger partial charge in [0.05, 0.1) is 0 Å². The number of nitrogens with zero attached hydrogens (tertiary/aromatic N) is 4. The molecule has 0 aromatic carbocycles. The molecular weight excluding hydrogens is 254 g/mol. The second-order valence-electron chi connectivity index (χ2n) is 4.98. The van der Waals surface area contributed by atoms with Crippen LogP contribution in [-0.2, 0) is 0 Å². The van der Waals surface area contributed by atoms with Gasteiger partial charge in [0.15, 0.2) is 0 Å². The first kappa shape index (κ1) is 12.8. The average molecular weight is 271 g/mol. The highest BCUT2D eigenvalue weighted by molar-refractivity contribution is 5.94. The normalized spacial score (nSPS) is 19.1. The van der Waals surface area contributed by atoms with Crippen molar-refractivity contribution in [3.05, 3.63) is 42.6 Å². The van der Waals surface area contributed by atoms with E-state index in [2.05, 4.69) is 22.2 Å². The maximum Gasteiger partial charge on any atom is 0.254 e. The second kappa shape index (κ2) is 5.42. The van der Waals surface area contributed by atoms with E-state index < -0.39 is 0 Å². The van der Waals surface area contributed by atoms with Gasteiger partial charge in [-0.2, -0.15) is 0 Å². The van der Waals surface area contributed by atoms with Crippen molar-refractivity contribution in [2.24, 2.45) is 0 Å². The molecule has 0 saturated carbocycles. The van der Waals surface area contributed by atoms with Crippen molar-refractivity contribution in [3.63, 3.8) is 0 Å². The molecule has 1 aliphatic heterocycles. The van der Waals surface area contributed by atoms with E-state index in [1.54, 1.807) is 35.4 Å². The molecule has 20 heavy (non-hydrogen) atoms. The average Bonchev–Trinajstić information content (AvgIpc) is 3.01. The summed E-state index contributed by atoms with van der Waals surface area (Å²) in [6, 6.07) is 3.90. The Morgan fingerprint density at radius 3 is 3.10 bits per heavy atom. The molecule has 0 radical (unpaired) electrons. The zero-order chi connectivity index (χ0) is 13.9. The van der Waals surface area contributed by atoms with Gasteiger partial charge < -0.3 is 10.2 Å². The Labute approximate surface area is 117 Å². The number of hydrogen-bond acceptors (Lipinski definition) is 4. The zero-order valence-corrected chi connectivity index (χ0v) is 11.4. The Balaban J connectivity index is 1.83. The first-order valence-corrected chi connectivity index (χ1v) is 6.71. The fraction of sp³-hybridized carbons (Fsp3) is 0.357. The molecule has 1 saturated heterocycles. The quantitative estimate of drug-likeness (QED) is 0.873. The SMILES string of the molecule is CC1CN(C(=O)c2ccnc(-n3ccnc3)c2)CCN1. The number of carbonyl (C=O) groups is 1. The lowest BCUT2D eigenvalue weighted by Gasteiger charge is -2.32. The summed E-state index contributed by atoms with van der Waals surface area (Å²) in [4.78, 5) is 22.7. The van der Waals surface area contributed by atoms with Gasteiger partial charge in [0.1, 0.15) is 12.1 Å². The van der Waals surface area contributed by atoms with Gasteiger partial charge in [0.2, 0.25) is 0 Å². The molecule has 6 nitrogen and oxygen atoms in total. The molecule has 2 aromatic rings. The largest absolute Gasteiger partial charge is 0.336 e. The Kier molecular flexibility index (Phi) is 3.47. The van der Waals surface area contributed by atoms with E-state index in [-0.39, 0.29) is 5.91 Å². The molecule has 0 spiro atoms. The van der Waals surface area contributed by atoms with Crippen LogP contribution >= 0.6 is 0 Å². The molecule has 6 heteroatoms. The molecule has 2 aromatic heterocycles. The lowest BCUT2D eigenvalue weighted by Crippen LogP contribution is -2.51. The maximum absolute atomic E-state index is 12.5. The lowest BCUT2D eigenvalue weighted by atomic mass is 10.2. The van der Waals surface area contributed by atoms with Crippen molar-refractivity contribution in [1.82, 2.24) is 24.8 Å². The number of imidazole rings is 1. The van der Waals surface area contributed by atoms with Crippen molar-refractivity contribution in [1.29, 1.82) is 0 Å². The first-order valence-electron chi connectivity index (χ1n) is 6.71. The second-order valence-corrected chi connectivity index (χ2v) is 4.98. The van der Waals surface area contributed by atoms with Crippen LogP contribution in [0.2, 0.25) is 0 Å². The Hall–Kier alpha value is -2.21. The van der Waals surface area contributed by atoms with Crippen molar-refractivity contribution in [2.45, 2.75) is 13.0 Å². The van der Waals surface area contributed by atoms with Gasteiger partial charge in [0.25, 0.3) is 5.91 Å². The number of pyridine rings is 1. The summed E-state index contributed by atoms with van der Waals surface area (Å²) in [5.41, 5.74) is 0.665. The number of aromatic nitrogens is 3. The predicted octanol–water partition coefficient (Wildman–Crippen LogP) is 0.701. The standard InChI is InChI=1S/C14H17N5O/c1-11-9-18(7-5-16-11)14(20)12-2-3-17-13(8-12)19-6-4-15-10-19/h2-4,6,8,10-11,16H,5,7,9H2,1H3. The van der Waals surface area contributed by atoms with Crippen LogP contribution in [0.3, 0.4) is 0 Å². The molecule has 1 atom stereocenters. The molecular formula is C14H17N5O. The summed E-state index contributed by atoms with van der Waals surface area (Å²) in [6.07, 6.45) is 6.83. The number of nitrogens with one attached hydrogen (secondary N) is 1. The fourth-order valence-corrected chi connectivity index (χ4v) is 2.39. The Bertz CT molecular complexity index is 595. The van der Waals surface area contributed by atoms with E-state index in [0.717, 1.165) is 19.6 Å². The molecule has 3 rings (SSSR count). The van der Waals surface area contributed by atoms with E-state index >= 15 is 0 Å². The van der Waals surface area contributed by atoms with E-state index in [4.69, 9.17) is 0 Å². The van der Waals surface area contributed by atoms with E-state index in [9.17, 15) is 4.79 Å². The molecule has 104 valence electrons. The van der Waals surface area contributed by atoms with Crippen molar-refractivity contribution >= 4 is 5.91 Å². The third-order valence-corrected chi connectivity index (χ3v) is 3.42. The zero-order valence-electron chi connectivity index (χ0n) is 11.4. The van der Waals surface area contributed by atoms with Gasteiger partial charge >= 0.3 is 0 Å². The molecule has 1 N–H and O–H groups in total. The van der Waals surface area contributed by atoms with E-state index in [1.165, 1.54) is 0 Å². The van der Waals surface area contributed by atoms with Gasteiger partial charge in [-0.1, -0.05) is 0 Å². The minimum Gasteiger partial charge on any atom is -0.336 e. The van der Waals surface area contributed by atoms with Crippen LogP contribution in [0, 0.1) is 0 Å². The summed E-state index contributed by atoms with van der Waals surface area (Å²) in [7, 11) is 0. The number of rotatable bonds is 2. The van der Waals surface area contributed by atoms with Crippen LogP contribution in [-0.4, -0.2) is 51.0 Å². The number of amides is 1. The summed E-state index contributed by atoms with van der Waals surface area (Å²) >= 11 is 0. The summed E-state index contributed by atoms with van der Waals surface area (Å²) < 4.78 is 1.79. The lowest BCUT2D eigenvalue weighted by molar-refractivity contribution is 0.0709. The monoisotopic (exact) mass is 271 g/mol. The Morgan fingerprint density at radius 1 is 1.45 bits per heavy atom. The van der Waals surface area contributed by atoms with Crippen LogP contribution < -0.4 is 5.32 Å². The van der Waals surface area contributed by atoms with Gasteiger partial charge in [-0.3, -0.25) is 9.36 Å². The summed E-state index contributed by atoms with van der Waals surface area (Å²) in [5.74, 6) is 0.763. The van der Waals surface area contributed by atoms with Gasteiger partial charge in [-0.15, -0.1) is 0 Å². The number of piperazine rings is 1. The van der Waals surface area contributed by atoms with Gasteiger partial charge in [0, 0.05) is 49.8 Å². The Morgan fingerprint density at radius 2 is 2.35 bits per heavy atom. The van der Waals surface area contributed by atoms with Gasteiger partial charge in [-0.25, -0.2) is 9.97 Å². The highest BCUT2D eigenvalue weighted by Crippen LogP contribution is 2.11. The topological polar surface area (TPSA) is 63.1 Å². The molecule has 1 fully saturated rings. The maximum atomic E-state index is 12.5. The molecule has 1 unspecified atom stereocenters. The van der Waals surface area contributed by atoms with Crippen molar-refractivity contribution in [3.8, 4) is 5.82 Å². The summed E-state index contributed by atoms with van der Waals surface area (Å²) in [5, 5.41) is 3.33. The first-order chi connectivity index (χ1) is 9.74. The minimum absolute atomic E-state index is 0.0575. The minimum atomic E-state index is 0.0575. The van der Waals surface area contributed by atoms with E-state index in [1.807, 2.05) is 11.1 Å². The fourth-order valence-electron chi connectivity index (χ4n) is 2.39. The molecule has 1 aliphatic rings. The molecule has 3 heterocycles. The predicted molar refractivity (Wildman–Crippen MR) is 74.7 cm³/mol. The van der Waals surface area contributed by atoms with Crippen LogP contribution in [0.4, 0.5) is 0 Å². The van der Waals surface area contributed by atoms with Crippen LogP contribution in [0.1, 0.15) is 17.3 Å². The molecule has 0 aliphatic carbocycles. The highest BCUT2D eigenvalue weighted by Gasteiger charge is 2.21. The summed E-state index contributed by atoms with van der Waals surface area (Å²) in [6.45, 7) is 4.41.